The largest absolute Gasteiger partial charge is 0.695 e. The number of allylic oxidation sites excluding steroid dienone is 2. The lowest BCUT2D eigenvalue weighted by atomic mass is 9.80. The van der Waals surface area contributed by atoms with Gasteiger partial charge in [-0.1, -0.05) is 144 Å². The molecule has 8 rings (SSSR count). The van der Waals surface area contributed by atoms with Gasteiger partial charge in [0.15, 0.2) is 18.4 Å². The number of methoxy groups -OCH3 is 1. The third kappa shape index (κ3) is 8.30. The molecule has 4 heterocycles. The number of nitrogens with one attached hydrogen (secondary N) is 1. The lowest BCUT2D eigenvalue weighted by molar-refractivity contribution is -0.0969. The molecule has 4 aromatic carbocycles. The van der Waals surface area contributed by atoms with E-state index in [2.05, 4.69) is 4.98 Å². The number of fused-ring (bicyclic) bond motifs is 1. The zero-order valence-electron chi connectivity index (χ0n) is 31.9. The number of carbonyl (C=O) groups is 1. The maximum absolute atomic E-state index is 14.1. The highest BCUT2D eigenvalue weighted by Crippen LogP contribution is 2.60. The molecule has 0 bridgehead atoms. The van der Waals surface area contributed by atoms with Crippen molar-refractivity contribution in [2.45, 2.75) is 53.9 Å². The number of carbonyl (C=O) groups excluding carboxylic acids is 1. The number of nitrogens with zero attached hydrogens (tertiary/aromatic N) is 1. The van der Waals surface area contributed by atoms with Gasteiger partial charge in [0.25, 0.3) is 5.56 Å². The molecule has 0 saturated carbocycles. The van der Waals surface area contributed by atoms with Gasteiger partial charge in [-0.2, -0.15) is 0 Å². The van der Waals surface area contributed by atoms with Crippen LogP contribution in [0.2, 0.25) is 5.02 Å². The fraction of sp³-hybridized carbons (Fsp3) is 0.214. The van der Waals surface area contributed by atoms with Crippen LogP contribution in [0.3, 0.4) is 0 Å². The number of halogens is 1. The van der Waals surface area contributed by atoms with Crippen molar-refractivity contribution in [1.29, 1.82) is 0 Å². The zero-order chi connectivity index (χ0) is 42.1. The Balaban J connectivity index is 1.25. The average molecular weight is 922 g/mol. The van der Waals surface area contributed by atoms with E-state index in [1.807, 2.05) is 98.8 Å². The fourth-order valence-corrected chi connectivity index (χ4v) is 13.2. The van der Waals surface area contributed by atoms with Crippen LogP contribution in [0.4, 0.5) is 0 Å². The summed E-state index contributed by atoms with van der Waals surface area (Å²) < 4.78 is 46.7. The molecule has 3 aliphatic rings. The first kappa shape index (κ1) is 42.6. The van der Waals surface area contributed by atoms with Crippen LogP contribution in [0.1, 0.15) is 47.1 Å². The molecule has 1 unspecified atom stereocenters. The lowest BCUT2D eigenvalue weighted by Gasteiger charge is -2.37. The molecule has 1 aromatic heterocycles. The molecule has 0 spiro atoms. The van der Waals surface area contributed by atoms with Crippen molar-refractivity contribution in [2.24, 2.45) is 0 Å². The fourth-order valence-electron chi connectivity index (χ4n) is 7.09. The van der Waals surface area contributed by atoms with Gasteiger partial charge in [0.05, 0.1) is 32.8 Å². The van der Waals surface area contributed by atoms with Gasteiger partial charge >= 0.3 is 19.9 Å². The molecule has 5 atom stereocenters. The van der Waals surface area contributed by atoms with Gasteiger partial charge in [0.1, 0.15) is 27.4 Å². The van der Waals surface area contributed by atoms with Gasteiger partial charge in [-0.05, 0) is 64.6 Å². The molecule has 2 N–H and O–H groups in total. The highest BCUT2D eigenvalue weighted by atomic mass is 35.5. The molecule has 18 heteroatoms. The number of aromatic amines is 1. The van der Waals surface area contributed by atoms with E-state index >= 15 is 0 Å². The predicted molar refractivity (Wildman–Crippen MR) is 235 cm³/mol. The molecule has 3 aliphatic heterocycles. The highest BCUT2D eigenvalue weighted by Gasteiger charge is 2.55. The second-order valence-corrected chi connectivity index (χ2v) is 19.6. The Morgan fingerprint density at radius 1 is 0.833 bits per heavy atom. The molecule has 0 aliphatic carbocycles. The second kappa shape index (κ2) is 18.1. The van der Waals surface area contributed by atoms with E-state index in [1.54, 1.807) is 42.8 Å². The molecule has 0 amide bonds. The highest BCUT2D eigenvalue weighted by molar-refractivity contribution is 8.32. The molecule has 60 heavy (non-hydrogen) atoms. The first-order valence-corrected chi connectivity index (χ1v) is 23.1. The smallest absolute Gasteiger partial charge is 0.497 e. The number of aromatic nitrogens is 2. The molecule has 308 valence electrons. The Labute approximate surface area is 367 Å². The summed E-state index contributed by atoms with van der Waals surface area (Å²) in [5.41, 5.74) is -0.554. The molecule has 1 saturated heterocycles. The van der Waals surface area contributed by atoms with Gasteiger partial charge in [0, 0.05) is 4.57 Å². The summed E-state index contributed by atoms with van der Waals surface area (Å²) in [6.07, 6.45) is -5.78. The molecule has 5 aromatic rings. The Kier molecular flexibility index (Phi) is 12.9. The molecule has 1 fully saturated rings. The van der Waals surface area contributed by atoms with Crippen molar-refractivity contribution in [3.63, 3.8) is 0 Å². The van der Waals surface area contributed by atoms with Gasteiger partial charge in [-0.3, -0.25) is 14.3 Å². The minimum atomic E-state index is -3.34. The summed E-state index contributed by atoms with van der Waals surface area (Å²) in [4.78, 5) is 56.6. The van der Waals surface area contributed by atoms with E-state index in [4.69, 9.17) is 35.1 Å². The standard InChI is InChI=1S/C42H34ClN2O10PS4/c1-23-24(2)58-39(57-23)40-59-34-35(46)44-41(48)45(37(34)60-40)36-33(54-38(47)29-16-10-11-17-30(29)43)32(55-56(49)50)31(53-36)22-52-42(25-12-6-4-7-13-25,26-14-8-5-9-15-26)27-18-20-28(51-3)21-19-27/h4-21,31-33,36H,22H2,1-3H3,(H-,44,46,48,49,50)/p+1/t31-,32-,33-,36-/m1/s1. The van der Waals surface area contributed by atoms with E-state index in [-0.39, 0.29) is 27.1 Å². The number of ether oxygens (including phenoxy) is 4. The summed E-state index contributed by atoms with van der Waals surface area (Å²) in [6.45, 7) is 3.70. The minimum absolute atomic E-state index is 0.000878. The van der Waals surface area contributed by atoms with Gasteiger partial charge in [-0.15, -0.1) is 9.42 Å². The number of H-pyrrole nitrogens is 1. The number of hydrogen-bond donors (Lipinski definition) is 2. The normalized spacial score (nSPS) is 20.4. The van der Waals surface area contributed by atoms with Crippen molar-refractivity contribution in [1.82, 2.24) is 9.55 Å². The first-order valence-electron chi connectivity index (χ1n) is 18.3. The predicted octanol–water partition coefficient (Wildman–Crippen LogP) is 9.42. The lowest BCUT2D eigenvalue weighted by Crippen LogP contribution is -2.43. The molecule has 12 nitrogen and oxygen atoms in total. The van der Waals surface area contributed by atoms with Crippen molar-refractivity contribution < 1.29 is 37.7 Å². The van der Waals surface area contributed by atoms with Crippen molar-refractivity contribution >= 4 is 72.9 Å². The van der Waals surface area contributed by atoms with Crippen LogP contribution in [-0.2, 0) is 28.9 Å². The molecular weight excluding hydrogens is 887 g/mol. The summed E-state index contributed by atoms with van der Waals surface area (Å²) in [6, 6.07) is 32.6. The van der Waals surface area contributed by atoms with E-state index in [0.717, 1.165) is 29.4 Å². The topological polar surface area (TPSA) is 155 Å². The monoisotopic (exact) mass is 921 g/mol. The number of hydrogen-bond acceptors (Lipinski definition) is 13. The van der Waals surface area contributed by atoms with E-state index in [1.165, 1.54) is 40.2 Å². The minimum Gasteiger partial charge on any atom is -0.497 e. The van der Waals surface area contributed by atoms with Gasteiger partial charge in [-0.25, -0.2) is 9.59 Å². The summed E-state index contributed by atoms with van der Waals surface area (Å²) >= 11 is 12.0. The Morgan fingerprint density at radius 3 is 2.02 bits per heavy atom. The average Bonchev–Trinajstić information content (AvgIpc) is 3.94. The number of esters is 1. The summed E-state index contributed by atoms with van der Waals surface area (Å²) in [7, 11) is -1.77. The van der Waals surface area contributed by atoms with Crippen LogP contribution in [0.25, 0.3) is 0 Å². The SMILES string of the molecule is COc1ccc(C(OC[C@H]2O[C@@H](n3c4c(c(=O)[nH]c3=O)SC(=C3SC(C)=C(C)S3)S4)[C@H](OC(=O)c3ccccc3Cl)[C@@H]2O[P+](=O)O)(c2ccccc2)c2ccccc2)cc1. The van der Waals surface area contributed by atoms with Crippen LogP contribution in [0, 0.1) is 0 Å². The van der Waals surface area contributed by atoms with Crippen molar-refractivity contribution in [3.8, 4) is 5.75 Å². The van der Waals surface area contributed by atoms with Gasteiger partial charge in [0.2, 0.25) is 0 Å². The maximum atomic E-state index is 14.1. The van der Waals surface area contributed by atoms with Gasteiger partial charge < -0.3 is 18.9 Å². The molecular formula is C42H35ClN2O10PS4+. The van der Waals surface area contributed by atoms with Crippen LogP contribution < -0.4 is 16.0 Å². The summed E-state index contributed by atoms with van der Waals surface area (Å²) in [5, 5.41) is 0.341. The summed E-state index contributed by atoms with van der Waals surface area (Å²) in [5.74, 6) is -0.280. The zero-order valence-corrected chi connectivity index (χ0v) is 36.9. The second-order valence-electron chi connectivity index (χ2n) is 13.5. The quantitative estimate of drug-likeness (QED) is 0.0528. The van der Waals surface area contributed by atoms with E-state index in [0.29, 0.717) is 11.3 Å². The van der Waals surface area contributed by atoms with Crippen molar-refractivity contribution in [3.05, 3.63) is 176 Å². The van der Waals surface area contributed by atoms with Crippen molar-refractivity contribution in [2.75, 3.05) is 13.7 Å². The van der Waals surface area contributed by atoms with Crippen LogP contribution >= 0.6 is 66.9 Å². The third-order valence-corrected chi connectivity index (χ3v) is 16.5. The van der Waals surface area contributed by atoms with E-state index < -0.39 is 55.6 Å². The van der Waals surface area contributed by atoms with Crippen LogP contribution in [0.5, 0.6) is 5.75 Å². The first-order chi connectivity index (χ1) is 29.0. The number of rotatable bonds is 12. The Hall–Kier alpha value is -4.06. The maximum Gasteiger partial charge on any atom is 0.695 e. The number of thioether (sulfide) groups is 4. The third-order valence-electron chi connectivity index (χ3n) is 10.0. The molecule has 0 radical (unpaired) electrons. The van der Waals surface area contributed by atoms with Crippen LogP contribution in [0.15, 0.2) is 147 Å². The van der Waals surface area contributed by atoms with E-state index in [9.17, 15) is 23.8 Å². The Morgan fingerprint density at radius 2 is 1.42 bits per heavy atom. The Bertz CT molecular complexity index is 2590. The number of benzene rings is 4. The van der Waals surface area contributed by atoms with Crippen LogP contribution in [-0.4, -0.2) is 52.4 Å².